The maximum atomic E-state index is 13.8. The van der Waals surface area contributed by atoms with E-state index in [-0.39, 0.29) is 5.91 Å². The topological polar surface area (TPSA) is 47.4 Å². The Morgan fingerprint density at radius 2 is 1.76 bits per heavy atom. The molecule has 1 aliphatic rings. The van der Waals surface area contributed by atoms with Crippen molar-refractivity contribution in [3.63, 3.8) is 0 Å². The van der Waals surface area contributed by atoms with Crippen molar-refractivity contribution in [2.45, 2.75) is 26.8 Å². The fraction of sp³-hybridized carbons (Fsp3) is 0.214. The summed E-state index contributed by atoms with van der Waals surface area (Å²) in [5.74, 6) is 0.751. The molecule has 166 valence electrons. The summed E-state index contributed by atoms with van der Waals surface area (Å²) in [6, 6.07) is 24.3. The summed E-state index contributed by atoms with van der Waals surface area (Å²) in [5.41, 5.74) is 7.88. The molecule has 33 heavy (non-hydrogen) atoms. The number of fused-ring (bicyclic) bond motifs is 1. The number of aryl methyl sites for hydroxylation is 2. The van der Waals surface area contributed by atoms with Gasteiger partial charge in [-0.2, -0.15) is 5.10 Å². The molecule has 0 atom stereocenters. The van der Waals surface area contributed by atoms with E-state index in [0.717, 1.165) is 40.2 Å². The lowest BCUT2D eigenvalue weighted by molar-refractivity contribution is 0.0725. The van der Waals surface area contributed by atoms with Gasteiger partial charge in [0.15, 0.2) is 0 Å². The van der Waals surface area contributed by atoms with Crippen LogP contribution in [0.2, 0.25) is 0 Å². The van der Waals surface area contributed by atoms with E-state index < -0.39 is 0 Å². The summed E-state index contributed by atoms with van der Waals surface area (Å²) in [6.07, 6.45) is 0.863. The van der Waals surface area contributed by atoms with Crippen molar-refractivity contribution in [2.75, 3.05) is 13.7 Å². The highest BCUT2D eigenvalue weighted by Gasteiger charge is 2.26. The van der Waals surface area contributed by atoms with Crippen molar-refractivity contribution in [1.82, 2.24) is 14.7 Å². The lowest BCUT2D eigenvalue weighted by Crippen LogP contribution is -2.37. The van der Waals surface area contributed by atoms with Gasteiger partial charge < -0.3 is 9.64 Å². The van der Waals surface area contributed by atoms with Crippen molar-refractivity contribution in [2.24, 2.45) is 0 Å². The number of rotatable bonds is 4. The number of hydrogen-bond donors (Lipinski definition) is 0. The van der Waals surface area contributed by atoms with Gasteiger partial charge in [0.05, 0.1) is 18.5 Å². The zero-order valence-electron chi connectivity index (χ0n) is 19.2. The Morgan fingerprint density at radius 3 is 2.58 bits per heavy atom. The van der Waals surface area contributed by atoms with Crippen LogP contribution >= 0.6 is 0 Å². The van der Waals surface area contributed by atoms with Crippen molar-refractivity contribution < 1.29 is 9.53 Å². The molecule has 5 rings (SSSR count). The quantitative estimate of drug-likeness (QED) is 0.432. The highest BCUT2D eigenvalue weighted by Crippen LogP contribution is 2.28. The molecule has 0 unspecified atom stereocenters. The number of benzene rings is 3. The second-order valence-electron chi connectivity index (χ2n) is 8.59. The van der Waals surface area contributed by atoms with E-state index in [2.05, 4.69) is 43.3 Å². The summed E-state index contributed by atoms with van der Waals surface area (Å²) in [6.45, 7) is 5.41. The Balaban J connectivity index is 1.60. The standard InChI is InChI=1S/C28H27N3O2/c1-19-11-12-20(2)26(15-19)31-27(17-25(29-31)22-9-6-10-24(16-22)33-3)28(32)30-14-13-21-7-4-5-8-23(21)18-30/h4-12,15-17H,13-14,18H2,1-3H3. The molecule has 0 saturated carbocycles. The van der Waals surface area contributed by atoms with Crippen molar-refractivity contribution in [1.29, 1.82) is 0 Å². The minimum absolute atomic E-state index is 0.00736. The molecule has 0 saturated heterocycles. The van der Waals surface area contributed by atoms with Crippen LogP contribution in [0.5, 0.6) is 5.75 Å². The summed E-state index contributed by atoms with van der Waals surface area (Å²) in [5, 5.41) is 4.90. The average Bonchev–Trinajstić information content (AvgIpc) is 3.30. The molecule has 1 amide bonds. The molecule has 4 aromatic rings. The third kappa shape index (κ3) is 4.02. The second kappa shape index (κ2) is 8.58. The fourth-order valence-electron chi connectivity index (χ4n) is 4.42. The number of carbonyl (C=O) groups is 1. The van der Waals surface area contributed by atoms with Gasteiger partial charge in [0.1, 0.15) is 11.4 Å². The first-order chi connectivity index (χ1) is 16.0. The summed E-state index contributed by atoms with van der Waals surface area (Å²) in [4.78, 5) is 15.7. The van der Waals surface area contributed by atoms with Gasteiger partial charge in [-0.05, 0) is 66.8 Å². The van der Waals surface area contributed by atoms with Gasteiger partial charge in [0.2, 0.25) is 0 Å². The molecule has 0 N–H and O–H groups in total. The van der Waals surface area contributed by atoms with Crippen LogP contribution in [-0.2, 0) is 13.0 Å². The van der Waals surface area contributed by atoms with Crippen LogP contribution in [0.25, 0.3) is 16.9 Å². The maximum absolute atomic E-state index is 13.8. The van der Waals surface area contributed by atoms with Crippen molar-refractivity contribution in [3.8, 4) is 22.7 Å². The van der Waals surface area contributed by atoms with Gasteiger partial charge in [-0.15, -0.1) is 0 Å². The SMILES string of the molecule is COc1cccc(-c2cc(C(=O)N3CCc4ccccc4C3)n(-c3cc(C)ccc3C)n2)c1. The Hall–Kier alpha value is -3.86. The van der Waals surface area contributed by atoms with Crippen molar-refractivity contribution in [3.05, 3.63) is 101 Å². The van der Waals surface area contributed by atoms with E-state index in [1.54, 1.807) is 11.8 Å². The third-order valence-corrected chi connectivity index (χ3v) is 6.30. The van der Waals surface area contributed by atoms with Gasteiger partial charge in [-0.1, -0.05) is 48.5 Å². The summed E-state index contributed by atoms with van der Waals surface area (Å²) >= 11 is 0. The highest BCUT2D eigenvalue weighted by molar-refractivity contribution is 5.94. The van der Waals surface area contributed by atoms with Crippen LogP contribution < -0.4 is 4.74 Å². The van der Waals surface area contributed by atoms with E-state index in [9.17, 15) is 4.79 Å². The van der Waals surface area contributed by atoms with Crippen LogP contribution in [0.4, 0.5) is 0 Å². The first-order valence-electron chi connectivity index (χ1n) is 11.2. The molecule has 0 spiro atoms. The predicted octanol–water partition coefficient (Wildman–Crippen LogP) is 5.36. The molecule has 2 heterocycles. The van der Waals surface area contributed by atoms with E-state index in [4.69, 9.17) is 9.84 Å². The van der Waals surface area contributed by atoms with Gasteiger partial charge in [0.25, 0.3) is 5.91 Å². The molecule has 0 bridgehead atoms. The minimum Gasteiger partial charge on any atom is -0.497 e. The number of carbonyl (C=O) groups excluding carboxylic acids is 1. The first-order valence-corrected chi connectivity index (χ1v) is 11.2. The average molecular weight is 438 g/mol. The Labute approximate surface area is 194 Å². The summed E-state index contributed by atoms with van der Waals surface area (Å²) in [7, 11) is 1.65. The van der Waals surface area contributed by atoms with E-state index in [1.165, 1.54) is 11.1 Å². The lowest BCUT2D eigenvalue weighted by Gasteiger charge is -2.29. The summed E-state index contributed by atoms with van der Waals surface area (Å²) < 4.78 is 7.20. The molecule has 0 radical (unpaired) electrons. The second-order valence-corrected chi connectivity index (χ2v) is 8.59. The molecular weight excluding hydrogens is 410 g/mol. The first kappa shape index (κ1) is 21.0. The zero-order valence-corrected chi connectivity index (χ0v) is 19.2. The highest BCUT2D eigenvalue weighted by atomic mass is 16.5. The van der Waals surface area contributed by atoms with Crippen molar-refractivity contribution >= 4 is 5.91 Å². The molecule has 3 aromatic carbocycles. The number of methoxy groups -OCH3 is 1. The predicted molar refractivity (Wildman–Crippen MR) is 130 cm³/mol. The normalized spacial score (nSPS) is 13.0. The minimum atomic E-state index is -0.00736. The van der Waals surface area contributed by atoms with Crippen LogP contribution in [-0.4, -0.2) is 34.2 Å². The molecule has 0 aliphatic carbocycles. The molecule has 0 fully saturated rings. The van der Waals surface area contributed by atoms with Crippen LogP contribution in [0.3, 0.4) is 0 Å². The van der Waals surface area contributed by atoms with Gasteiger partial charge in [0, 0.05) is 18.7 Å². The molecule has 1 aliphatic heterocycles. The number of ether oxygens (including phenoxy) is 1. The Bertz CT molecular complexity index is 1340. The third-order valence-electron chi connectivity index (χ3n) is 6.30. The Morgan fingerprint density at radius 1 is 0.939 bits per heavy atom. The fourth-order valence-corrected chi connectivity index (χ4v) is 4.42. The van der Waals surface area contributed by atoms with E-state index >= 15 is 0 Å². The van der Waals surface area contributed by atoms with Gasteiger partial charge in [-0.3, -0.25) is 4.79 Å². The van der Waals surface area contributed by atoms with Crippen LogP contribution in [0.1, 0.15) is 32.7 Å². The van der Waals surface area contributed by atoms with Gasteiger partial charge in [-0.25, -0.2) is 4.68 Å². The van der Waals surface area contributed by atoms with E-state index in [1.807, 2.05) is 48.2 Å². The molecular formula is C28H27N3O2. The Kier molecular flexibility index (Phi) is 5.47. The largest absolute Gasteiger partial charge is 0.497 e. The molecule has 5 nitrogen and oxygen atoms in total. The lowest BCUT2D eigenvalue weighted by atomic mass is 9.99. The van der Waals surface area contributed by atoms with E-state index in [0.29, 0.717) is 18.8 Å². The molecule has 5 heteroatoms. The zero-order chi connectivity index (χ0) is 22.9. The number of hydrogen-bond acceptors (Lipinski definition) is 3. The maximum Gasteiger partial charge on any atom is 0.272 e. The number of amides is 1. The smallest absolute Gasteiger partial charge is 0.272 e. The number of aromatic nitrogens is 2. The van der Waals surface area contributed by atoms with Crippen LogP contribution in [0.15, 0.2) is 72.8 Å². The van der Waals surface area contributed by atoms with Gasteiger partial charge >= 0.3 is 0 Å². The monoisotopic (exact) mass is 437 g/mol. The molecule has 1 aromatic heterocycles. The number of nitrogens with zero attached hydrogens (tertiary/aromatic N) is 3. The van der Waals surface area contributed by atoms with Crippen LogP contribution in [0, 0.1) is 13.8 Å².